The average molecular weight is 318 g/mol. The van der Waals surface area contributed by atoms with E-state index in [9.17, 15) is 13.2 Å². The first-order valence-corrected chi connectivity index (χ1v) is 8.26. The van der Waals surface area contributed by atoms with E-state index in [1.54, 1.807) is 0 Å². The van der Waals surface area contributed by atoms with Gasteiger partial charge in [-0.05, 0) is 43.5 Å². The van der Waals surface area contributed by atoms with E-state index < -0.39 is 16.1 Å². The standard InChI is InChI=1S/C13H16ClNO4S/c14-10-5-7-11(8-6-10)20(17,18)15-12-3-1-2-4-13(12)19-9-16/h5-9,12-13,15H,1-4H2. The van der Waals surface area contributed by atoms with Gasteiger partial charge in [0.15, 0.2) is 0 Å². The summed E-state index contributed by atoms with van der Waals surface area (Å²) in [6, 6.07) is 5.56. The molecular weight excluding hydrogens is 302 g/mol. The highest BCUT2D eigenvalue weighted by molar-refractivity contribution is 7.89. The summed E-state index contributed by atoms with van der Waals surface area (Å²) in [4.78, 5) is 10.6. The van der Waals surface area contributed by atoms with Crippen LogP contribution in [0.2, 0.25) is 5.02 Å². The number of carbonyl (C=O) groups excluding carboxylic acids is 1. The lowest BCUT2D eigenvalue weighted by atomic mass is 9.93. The Bertz CT molecular complexity index is 558. The van der Waals surface area contributed by atoms with Gasteiger partial charge in [-0.1, -0.05) is 18.0 Å². The van der Waals surface area contributed by atoms with Crippen LogP contribution in [0.1, 0.15) is 25.7 Å². The molecule has 0 heterocycles. The van der Waals surface area contributed by atoms with Crippen molar-refractivity contribution in [2.75, 3.05) is 0 Å². The van der Waals surface area contributed by atoms with Gasteiger partial charge >= 0.3 is 0 Å². The van der Waals surface area contributed by atoms with Crippen LogP contribution in [0, 0.1) is 0 Å². The predicted octanol–water partition coefficient (Wildman–Crippen LogP) is 2.10. The molecule has 0 aromatic heterocycles. The summed E-state index contributed by atoms with van der Waals surface area (Å²) in [6.07, 6.45) is 2.77. The molecule has 1 fully saturated rings. The molecule has 7 heteroatoms. The number of sulfonamides is 1. The SMILES string of the molecule is O=COC1CCCCC1NS(=O)(=O)c1ccc(Cl)cc1. The van der Waals surface area contributed by atoms with Crippen molar-refractivity contribution in [3.63, 3.8) is 0 Å². The summed E-state index contributed by atoms with van der Waals surface area (Å²) >= 11 is 5.74. The molecule has 20 heavy (non-hydrogen) atoms. The van der Waals surface area contributed by atoms with Gasteiger partial charge in [0.05, 0.1) is 10.9 Å². The van der Waals surface area contributed by atoms with Crippen LogP contribution in [0.3, 0.4) is 0 Å². The molecule has 1 aliphatic rings. The molecule has 2 unspecified atom stereocenters. The van der Waals surface area contributed by atoms with Gasteiger partial charge in [0.1, 0.15) is 6.10 Å². The number of hydrogen-bond acceptors (Lipinski definition) is 4. The van der Waals surface area contributed by atoms with Crippen LogP contribution in [0.15, 0.2) is 29.2 Å². The topological polar surface area (TPSA) is 72.5 Å². The lowest BCUT2D eigenvalue weighted by Crippen LogP contribution is -2.46. The van der Waals surface area contributed by atoms with Crippen LogP contribution < -0.4 is 4.72 Å². The molecule has 1 aromatic carbocycles. The van der Waals surface area contributed by atoms with Crippen LogP contribution >= 0.6 is 11.6 Å². The Morgan fingerprint density at radius 3 is 2.50 bits per heavy atom. The molecule has 2 rings (SSSR count). The zero-order chi connectivity index (χ0) is 14.6. The van der Waals surface area contributed by atoms with Crippen LogP contribution in [0.4, 0.5) is 0 Å². The van der Waals surface area contributed by atoms with E-state index in [0.717, 1.165) is 12.8 Å². The van der Waals surface area contributed by atoms with Crippen molar-refractivity contribution in [2.24, 2.45) is 0 Å². The summed E-state index contributed by atoms with van der Waals surface area (Å²) in [5, 5.41) is 0.476. The summed E-state index contributed by atoms with van der Waals surface area (Å²) < 4.78 is 32.1. The number of halogens is 1. The third-order valence-corrected chi connectivity index (χ3v) is 5.12. The number of carbonyl (C=O) groups is 1. The second-order valence-electron chi connectivity index (χ2n) is 4.74. The molecule has 0 aliphatic heterocycles. The fourth-order valence-corrected chi connectivity index (χ4v) is 3.77. The van der Waals surface area contributed by atoms with Crippen LogP contribution in [-0.2, 0) is 19.6 Å². The van der Waals surface area contributed by atoms with Gasteiger partial charge in [0, 0.05) is 5.02 Å². The summed E-state index contributed by atoms with van der Waals surface area (Å²) in [5.41, 5.74) is 0. The Balaban J connectivity index is 2.13. The number of hydrogen-bond donors (Lipinski definition) is 1. The quantitative estimate of drug-likeness (QED) is 0.844. The largest absolute Gasteiger partial charge is 0.463 e. The Kier molecular flexibility index (Phi) is 5.01. The van der Waals surface area contributed by atoms with Gasteiger partial charge in [0.2, 0.25) is 10.0 Å². The van der Waals surface area contributed by atoms with Crippen molar-refractivity contribution in [1.82, 2.24) is 4.72 Å². The Morgan fingerprint density at radius 2 is 1.85 bits per heavy atom. The summed E-state index contributed by atoms with van der Waals surface area (Å²) in [6.45, 7) is 0.375. The fourth-order valence-electron chi connectivity index (χ4n) is 2.35. The Morgan fingerprint density at radius 1 is 1.20 bits per heavy atom. The van der Waals surface area contributed by atoms with E-state index >= 15 is 0 Å². The summed E-state index contributed by atoms with van der Waals surface area (Å²) in [5.74, 6) is 0. The number of rotatable bonds is 5. The Hall–Kier alpha value is -1.11. The molecule has 1 aliphatic carbocycles. The van der Waals surface area contributed by atoms with Crippen LogP contribution in [-0.4, -0.2) is 27.0 Å². The number of benzene rings is 1. The minimum atomic E-state index is -3.63. The molecule has 110 valence electrons. The smallest absolute Gasteiger partial charge is 0.293 e. The monoisotopic (exact) mass is 317 g/mol. The lowest BCUT2D eigenvalue weighted by Gasteiger charge is -2.30. The van der Waals surface area contributed by atoms with E-state index in [-0.39, 0.29) is 10.9 Å². The first-order chi connectivity index (χ1) is 9.53. The second kappa shape index (κ2) is 6.56. The molecule has 0 amide bonds. The molecular formula is C13H16ClNO4S. The molecule has 0 spiro atoms. The third kappa shape index (κ3) is 3.71. The van der Waals surface area contributed by atoms with Crippen molar-refractivity contribution in [1.29, 1.82) is 0 Å². The van der Waals surface area contributed by atoms with E-state index in [1.165, 1.54) is 24.3 Å². The number of ether oxygens (including phenoxy) is 1. The molecule has 0 radical (unpaired) electrons. The van der Waals surface area contributed by atoms with Crippen molar-refractivity contribution >= 4 is 28.1 Å². The van der Waals surface area contributed by atoms with Gasteiger partial charge in [-0.2, -0.15) is 0 Å². The predicted molar refractivity (Wildman–Crippen MR) is 75.0 cm³/mol. The van der Waals surface area contributed by atoms with Crippen LogP contribution in [0.25, 0.3) is 0 Å². The maximum Gasteiger partial charge on any atom is 0.293 e. The third-order valence-electron chi connectivity index (χ3n) is 3.36. The highest BCUT2D eigenvalue weighted by Crippen LogP contribution is 2.23. The maximum absolute atomic E-state index is 12.3. The van der Waals surface area contributed by atoms with E-state index in [2.05, 4.69) is 4.72 Å². The highest BCUT2D eigenvalue weighted by atomic mass is 35.5. The van der Waals surface area contributed by atoms with Gasteiger partial charge < -0.3 is 4.74 Å². The minimum Gasteiger partial charge on any atom is -0.463 e. The van der Waals surface area contributed by atoms with E-state index in [4.69, 9.17) is 16.3 Å². The molecule has 0 bridgehead atoms. The normalized spacial score (nSPS) is 23.2. The van der Waals surface area contributed by atoms with Gasteiger partial charge in [-0.25, -0.2) is 13.1 Å². The molecule has 1 N–H and O–H groups in total. The second-order valence-corrected chi connectivity index (χ2v) is 6.89. The molecule has 2 atom stereocenters. The fraction of sp³-hybridized carbons (Fsp3) is 0.462. The molecule has 1 aromatic rings. The molecule has 0 saturated heterocycles. The first-order valence-electron chi connectivity index (χ1n) is 6.40. The molecule has 5 nitrogen and oxygen atoms in total. The van der Waals surface area contributed by atoms with Gasteiger partial charge in [-0.3, -0.25) is 4.79 Å². The highest BCUT2D eigenvalue weighted by Gasteiger charge is 2.30. The van der Waals surface area contributed by atoms with Gasteiger partial charge in [-0.15, -0.1) is 0 Å². The van der Waals surface area contributed by atoms with Crippen molar-refractivity contribution in [2.45, 2.75) is 42.7 Å². The van der Waals surface area contributed by atoms with Crippen molar-refractivity contribution < 1.29 is 17.9 Å². The zero-order valence-electron chi connectivity index (χ0n) is 10.8. The van der Waals surface area contributed by atoms with E-state index in [0.29, 0.717) is 24.3 Å². The Labute approximate surface area is 123 Å². The van der Waals surface area contributed by atoms with E-state index in [1.807, 2.05) is 0 Å². The minimum absolute atomic E-state index is 0.150. The molecule has 1 saturated carbocycles. The average Bonchev–Trinajstić information content (AvgIpc) is 2.41. The van der Waals surface area contributed by atoms with Crippen molar-refractivity contribution in [3.05, 3.63) is 29.3 Å². The first kappa shape index (κ1) is 15.3. The van der Waals surface area contributed by atoms with Gasteiger partial charge in [0.25, 0.3) is 6.47 Å². The maximum atomic E-state index is 12.3. The van der Waals surface area contributed by atoms with Crippen molar-refractivity contribution in [3.8, 4) is 0 Å². The number of nitrogens with one attached hydrogen (secondary N) is 1. The van der Waals surface area contributed by atoms with Crippen LogP contribution in [0.5, 0.6) is 0 Å². The summed E-state index contributed by atoms with van der Waals surface area (Å²) in [7, 11) is -3.63. The zero-order valence-corrected chi connectivity index (χ0v) is 12.4. The lowest BCUT2D eigenvalue weighted by molar-refractivity contribution is -0.136.